The van der Waals surface area contributed by atoms with Crippen molar-refractivity contribution < 1.29 is 19.1 Å². The van der Waals surface area contributed by atoms with Crippen molar-refractivity contribution in [2.75, 3.05) is 11.9 Å². The first-order chi connectivity index (χ1) is 16.4. The molecular weight excluding hydrogens is 477 g/mol. The third-order valence-corrected chi connectivity index (χ3v) is 7.21. The molecule has 3 heterocycles. The number of thiophene rings is 1. The molecule has 1 aliphatic heterocycles. The SMILES string of the molecule is O=C(N[C@@H](Cc1ccc(CCCc2ccc3c(n2)NCCC3)s1)C(=O)O)c1c(F)cccc1Cl. The Morgan fingerprint density at radius 3 is 2.79 bits per heavy atom. The lowest BCUT2D eigenvalue weighted by molar-refractivity contribution is -0.139. The Bertz CT molecular complexity index is 1180. The molecule has 0 spiro atoms. The third kappa shape index (κ3) is 5.93. The fourth-order valence-corrected chi connectivity index (χ4v) is 5.32. The molecule has 0 unspecified atom stereocenters. The Morgan fingerprint density at radius 2 is 2.00 bits per heavy atom. The van der Waals surface area contributed by atoms with Crippen LogP contribution in [0, 0.1) is 5.82 Å². The van der Waals surface area contributed by atoms with Crippen molar-refractivity contribution >= 4 is 40.6 Å². The minimum absolute atomic E-state index is 0.0655. The van der Waals surface area contributed by atoms with Crippen LogP contribution in [0.25, 0.3) is 0 Å². The van der Waals surface area contributed by atoms with Crippen LogP contribution in [0.15, 0.2) is 42.5 Å². The molecule has 3 aromatic rings. The molecule has 4 rings (SSSR count). The van der Waals surface area contributed by atoms with E-state index >= 15 is 0 Å². The smallest absolute Gasteiger partial charge is 0.326 e. The molecule has 0 fully saturated rings. The van der Waals surface area contributed by atoms with Crippen molar-refractivity contribution in [1.82, 2.24) is 10.3 Å². The lowest BCUT2D eigenvalue weighted by Gasteiger charge is -2.17. The van der Waals surface area contributed by atoms with Crippen LogP contribution in [0.3, 0.4) is 0 Å². The maximum atomic E-state index is 14.0. The van der Waals surface area contributed by atoms with Crippen molar-refractivity contribution in [2.24, 2.45) is 0 Å². The molecule has 3 N–H and O–H groups in total. The molecule has 0 saturated carbocycles. The van der Waals surface area contributed by atoms with Crippen LogP contribution in [0.2, 0.25) is 5.02 Å². The highest BCUT2D eigenvalue weighted by Gasteiger charge is 2.25. The van der Waals surface area contributed by atoms with Crippen LogP contribution in [0.5, 0.6) is 0 Å². The maximum Gasteiger partial charge on any atom is 0.326 e. The normalized spacial score (nSPS) is 13.6. The van der Waals surface area contributed by atoms with Crippen LogP contribution in [0.4, 0.5) is 10.2 Å². The molecule has 1 aromatic carbocycles. The molecule has 34 heavy (non-hydrogen) atoms. The van der Waals surface area contributed by atoms with Gasteiger partial charge < -0.3 is 15.7 Å². The van der Waals surface area contributed by atoms with Gasteiger partial charge >= 0.3 is 5.97 Å². The summed E-state index contributed by atoms with van der Waals surface area (Å²) < 4.78 is 14.0. The Hall–Kier alpha value is -2.97. The Balaban J connectivity index is 1.32. The minimum atomic E-state index is -1.19. The number of carboxylic acid groups (broad SMARTS) is 1. The van der Waals surface area contributed by atoms with Crippen molar-refractivity contribution in [1.29, 1.82) is 0 Å². The number of benzene rings is 1. The number of fused-ring (bicyclic) bond motifs is 1. The van der Waals surface area contributed by atoms with Crippen LogP contribution < -0.4 is 10.6 Å². The van der Waals surface area contributed by atoms with Crippen molar-refractivity contribution in [2.45, 2.75) is 44.6 Å². The first-order valence-corrected chi connectivity index (χ1v) is 12.4. The molecule has 1 atom stereocenters. The van der Waals surface area contributed by atoms with E-state index in [0.717, 1.165) is 66.0 Å². The molecule has 9 heteroatoms. The third-order valence-electron chi connectivity index (χ3n) is 5.72. The molecule has 178 valence electrons. The summed E-state index contributed by atoms with van der Waals surface area (Å²) in [6.07, 6.45) is 4.95. The summed E-state index contributed by atoms with van der Waals surface area (Å²) in [5.74, 6) is -1.83. The Kier molecular flexibility index (Phi) is 7.80. The molecule has 1 amide bonds. The predicted molar refractivity (Wildman–Crippen MR) is 131 cm³/mol. The number of carbonyl (C=O) groups is 2. The number of hydrogen-bond acceptors (Lipinski definition) is 5. The summed E-state index contributed by atoms with van der Waals surface area (Å²) in [7, 11) is 0. The van der Waals surface area contributed by atoms with E-state index < -0.39 is 23.7 Å². The van der Waals surface area contributed by atoms with Crippen LogP contribution in [-0.4, -0.2) is 34.6 Å². The zero-order valence-electron chi connectivity index (χ0n) is 18.4. The van der Waals surface area contributed by atoms with Gasteiger partial charge in [0.25, 0.3) is 5.91 Å². The number of halogens is 2. The summed E-state index contributed by atoms with van der Waals surface area (Å²) in [6, 6.07) is 10.8. The number of aliphatic carboxylic acids is 1. The number of aryl methyl sites for hydroxylation is 3. The zero-order chi connectivity index (χ0) is 24.1. The van der Waals surface area contributed by atoms with Gasteiger partial charge in [-0.05, 0) is 68.0 Å². The lowest BCUT2D eigenvalue weighted by atomic mass is 10.1. The first-order valence-electron chi connectivity index (χ1n) is 11.2. The van der Waals surface area contributed by atoms with E-state index in [-0.39, 0.29) is 17.0 Å². The number of carbonyl (C=O) groups excluding carboxylic acids is 1. The average molecular weight is 502 g/mol. The van der Waals surface area contributed by atoms with Gasteiger partial charge in [0.1, 0.15) is 17.7 Å². The predicted octanol–water partition coefficient (Wildman–Crippen LogP) is 4.89. The zero-order valence-corrected chi connectivity index (χ0v) is 20.0. The number of rotatable bonds is 9. The van der Waals surface area contributed by atoms with E-state index in [0.29, 0.717) is 0 Å². The van der Waals surface area contributed by atoms with Crippen LogP contribution in [0.1, 0.15) is 44.2 Å². The lowest BCUT2D eigenvalue weighted by Crippen LogP contribution is -2.42. The standard InChI is InChI=1S/C25H25ClFN3O3S/c26-19-7-2-8-20(27)22(19)24(31)30-21(25(32)33)14-18-12-11-17(34-18)6-1-5-16-10-9-15-4-3-13-28-23(15)29-16/h2,7-12,21H,1,3-6,13-14H2,(H,28,29)(H,30,31)(H,32,33)/t21-/m0/s1. The molecule has 0 aliphatic carbocycles. The molecular formula is C25H25ClFN3O3S. The number of carboxylic acids is 1. The highest BCUT2D eigenvalue weighted by atomic mass is 35.5. The van der Waals surface area contributed by atoms with Crippen LogP contribution in [-0.2, 0) is 30.5 Å². The fraction of sp³-hybridized carbons (Fsp3) is 0.320. The van der Waals surface area contributed by atoms with E-state index in [4.69, 9.17) is 16.6 Å². The molecule has 0 saturated heterocycles. The first kappa shape index (κ1) is 24.2. The van der Waals surface area contributed by atoms with Gasteiger partial charge in [-0.1, -0.05) is 23.7 Å². The van der Waals surface area contributed by atoms with Gasteiger partial charge in [0.2, 0.25) is 0 Å². The number of nitrogens with one attached hydrogen (secondary N) is 2. The monoisotopic (exact) mass is 501 g/mol. The van der Waals surface area contributed by atoms with Gasteiger partial charge in [-0.3, -0.25) is 4.79 Å². The highest BCUT2D eigenvalue weighted by molar-refractivity contribution is 7.12. The number of nitrogens with zero attached hydrogens (tertiary/aromatic N) is 1. The maximum absolute atomic E-state index is 14.0. The van der Waals surface area contributed by atoms with Gasteiger partial charge in [0, 0.05) is 28.4 Å². The number of pyridine rings is 1. The van der Waals surface area contributed by atoms with E-state index in [1.165, 1.54) is 29.0 Å². The average Bonchev–Trinajstić information content (AvgIpc) is 3.25. The summed E-state index contributed by atoms with van der Waals surface area (Å²) in [4.78, 5) is 30.9. The van der Waals surface area contributed by atoms with Gasteiger partial charge in [0.15, 0.2) is 0 Å². The minimum Gasteiger partial charge on any atom is -0.480 e. The van der Waals surface area contributed by atoms with E-state index in [1.807, 2.05) is 12.1 Å². The van der Waals surface area contributed by atoms with Gasteiger partial charge in [-0.25, -0.2) is 14.2 Å². The second-order valence-electron chi connectivity index (χ2n) is 8.23. The fourth-order valence-electron chi connectivity index (χ4n) is 3.96. The van der Waals surface area contributed by atoms with E-state index in [1.54, 1.807) is 0 Å². The summed E-state index contributed by atoms with van der Waals surface area (Å²) >= 11 is 7.44. The molecule has 0 bridgehead atoms. The second-order valence-corrected chi connectivity index (χ2v) is 9.89. The summed E-state index contributed by atoms with van der Waals surface area (Å²) in [5.41, 5.74) is 1.98. The van der Waals surface area contributed by atoms with Crippen LogP contribution >= 0.6 is 22.9 Å². The Morgan fingerprint density at radius 1 is 1.18 bits per heavy atom. The van der Waals surface area contributed by atoms with E-state index in [9.17, 15) is 19.1 Å². The van der Waals surface area contributed by atoms with Crippen molar-refractivity contribution in [3.63, 3.8) is 0 Å². The van der Waals surface area contributed by atoms with Gasteiger partial charge in [0.05, 0.1) is 10.6 Å². The quantitative estimate of drug-likeness (QED) is 0.388. The summed E-state index contributed by atoms with van der Waals surface area (Å²) in [5, 5.41) is 15.3. The highest BCUT2D eigenvalue weighted by Crippen LogP contribution is 2.23. The molecule has 2 aromatic heterocycles. The van der Waals surface area contributed by atoms with Crippen molar-refractivity contribution in [3.8, 4) is 0 Å². The summed E-state index contributed by atoms with van der Waals surface area (Å²) in [6.45, 7) is 0.965. The molecule has 1 aliphatic rings. The topological polar surface area (TPSA) is 91.3 Å². The second kappa shape index (κ2) is 11.0. The van der Waals surface area contributed by atoms with E-state index in [2.05, 4.69) is 22.8 Å². The van der Waals surface area contributed by atoms with Crippen molar-refractivity contribution in [3.05, 3.63) is 79.9 Å². The number of amides is 1. The number of aromatic nitrogens is 1. The molecule has 0 radical (unpaired) electrons. The molecule has 6 nitrogen and oxygen atoms in total. The largest absolute Gasteiger partial charge is 0.480 e. The number of hydrogen-bond donors (Lipinski definition) is 3. The van der Waals surface area contributed by atoms with Gasteiger partial charge in [-0.15, -0.1) is 11.3 Å². The Labute approximate surface area is 206 Å². The van der Waals surface area contributed by atoms with Gasteiger partial charge in [-0.2, -0.15) is 0 Å². The number of anilines is 1.